The van der Waals surface area contributed by atoms with E-state index in [1.165, 1.54) is 0 Å². The minimum atomic E-state index is -0.598. The van der Waals surface area contributed by atoms with Crippen molar-refractivity contribution in [3.63, 3.8) is 0 Å². The number of likely N-dealkylation sites (N-methyl/N-ethyl adjacent to an activating group) is 1. The third kappa shape index (κ3) is 5.57. The summed E-state index contributed by atoms with van der Waals surface area (Å²) in [6.07, 6.45) is 1.98. The third-order valence-corrected chi connectivity index (χ3v) is 5.48. The molecule has 2 aromatic heterocycles. The zero-order valence-electron chi connectivity index (χ0n) is 18.9. The Morgan fingerprint density at radius 3 is 2.91 bits per heavy atom. The van der Waals surface area contributed by atoms with Crippen molar-refractivity contribution >= 4 is 11.6 Å². The average Bonchev–Trinajstić information content (AvgIpc) is 3.33. The Hall–Kier alpha value is -3.27. The quantitative estimate of drug-likeness (QED) is 0.388. The number of nitrogens with one attached hydrogen (secondary N) is 2. The van der Waals surface area contributed by atoms with Gasteiger partial charge in [0, 0.05) is 36.0 Å². The molecule has 174 valence electrons. The van der Waals surface area contributed by atoms with Crippen LogP contribution in [0.25, 0.3) is 22.6 Å². The first-order valence-electron chi connectivity index (χ1n) is 11.0. The molecule has 0 saturated carbocycles. The molecule has 1 saturated heterocycles. The lowest BCUT2D eigenvalue weighted by Gasteiger charge is -2.18. The Kier molecular flexibility index (Phi) is 7.33. The number of hydrogen-bond donors (Lipinski definition) is 4. The number of nitrogen functional groups attached to an aromatic ring is 1. The van der Waals surface area contributed by atoms with Crippen molar-refractivity contribution < 1.29 is 14.6 Å². The van der Waals surface area contributed by atoms with Gasteiger partial charge in [0.2, 0.25) is 0 Å². The lowest BCUT2D eigenvalue weighted by atomic mass is 10.1. The maximum atomic E-state index is 9.94. The predicted molar refractivity (Wildman–Crippen MR) is 128 cm³/mol. The van der Waals surface area contributed by atoms with Crippen LogP contribution in [0.2, 0.25) is 0 Å². The van der Waals surface area contributed by atoms with E-state index in [4.69, 9.17) is 25.2 Å². The molecule has 1 fully saturated rings. The summed E-state index contributed by atoms with van der Waals surface area (Å²) in [5.74, 6) is 2.33. The van der Waals surface area contributed by atoms with E-state index in [1.54, 1.807) is 13.2 Å². The van der Waals surface area contributed by atoms with Crippen LogP contribution in [0, 0.1) is 6.92 Å². The van der Waals surface area contributed by atoms with Crippen LogP contribution in [-0.4, -0.2) is 65.6 Å². The monoisotopic (exact) mass is 450 g/mol. The topological polar surface area (TPSA) is 127 Å². The van der Waals surface area contributed by atoms with Crippen molar-refractivity contribution in [2.45, 2.75) is 25.5 Å². The van der Waals surface area contributed by atoms with Gasteiger partial charge in [0.25, 0.3) is 0 Å². The summed E-state index contributed by atoms with van der Waals surface area (Å²) in [6, 6.07) is 11.5. The lowest BCUT2D eigenvalue weighted by molar-refractivity contribution is 0.108. The van der Waals surface area contributed by atoms with Gasteiger partial charge >= 0.3 is 0 Å². The third-order valence-electron chi connectivity index (χ3n) is 5.48. The summed E-state index contributed by atoms with van der Waals surface area (Å²) < 4.78 is 11.3. The lowest BCUT2D eigenvalue weighted by Crippen LogP contribution is -2.29. The SMILES string of the molecule is CNCC(O)COc1cccc(-c2nc(N[C@@H]3CCOC3)c(C)c(-c3cccnc3N)n2)c1. The second-order valence-corrected chi connectivity index (χ2v) is 8.06. The molecule has 1 unspecified atom stereocenters. The number of hydrogen-bond acceptors (Lipinski definition) is 9. The van der Waals surface area contributed by atoms with Crippen LogP contribution in [0.15, 0.2) is 42.6 Å². The van der Waals surface area contributed by atoms with E-state index < -0.39 is 6.10 Å². The van der Waals surface area contributed by atoms with Gasteiger partial charge in [-0.15, -0.1) is 0 Å². The number of nitrogens with two attached hydrogens (primary N) is 1. The van der Waals surface area contributed by atoms with Gasteiger partial charge in [-0.3, -0.25) is 0 Å². The number of aliphatic hydroxyl groups is 1. The molecule has 0 amide bonds. The molecule has 3 heterocycles. The Morgan fingerprint density at radius 2 is 2.15 bits per heavy atom. The van der Waals surface area contributed by atoms with E-state index in [9.17, 15) is 5.11 Å². The molecule has 5 N–H and O–H groups in total. The number of ether oxygens (including phenoxy) is 2. The Morgan fingerprint density at radius 1 is 1.27 bits per heavy atom. The summed E-state index contributed by atoms with van der Waals surface area (Å²) in [6.45, 7) is 3.99. The van der Waals surface area contributed by atoms with Gasteiger partial charge in [0.05, 0.1) is 18.3 Å². The Labute approximate surface area is 193 Å². The normalized spacial score (nSPS) is 16.5. The average molecular weight is 451 g/mol. The van der Waals surface area contributed by atoms with Crippen LogP contribution in [0.3, 0.4) is 0 Å². The first kappa shape index (κ1) is 22.9. The summed E-state index contributed by atoms with van der Waals surface area (Å²) in [5, 5.41) is 16.4. The van der Waals surface area contributed by atoms with Gasteiger partial charge in [-0.25, -0.2) is 15.0 Å². The van der Waals surface area contributed by atoms with E-state index in [0.717, 1.165) is 41.2 Å². The van der Waals surface area contributed by atoms with Crippen LogP contribution in [0.5, 0.6) is 5.75 Å². The molecule has 4 rings (SSSR count). The van der Waals surface area contributed by atoms with Crippen molar-refractivity contribution in [2.24, 2.45) is 0 Å². The molecule has 3 aromatic rings. The zero-order chi connectivity index (χ0) is 23.2. The molecular weight excluding hydrogens is 420 g/mol. The van der Waals surface area contributed by atoms with Crippen molar-refractivity contribution in [1.82, 2.24) is 20.3 Å². The fraction of sp³-hybridized carbons (Fsp3) is 0.375. The fourth-order valence-corrected chi connectivity index (χ4v) is 3.72. The summed E-state index contributed by atoms with van der Waals surface area (Å²) in [5.41, 5.74) is 9.35. The Balaban J connectivity index is 1.71. The predicted octanol–water partition coefficient (Wildman–Crippen LogP) is 2.26. The molecule has 9 heteroatoms. The fourth-order valence-electron chi connectivity index (χ4n) is 3.72. The molecule has 0 spiro atoms. The number of rotatable bonds is 9. The minimum Gasteiger partial charge on any atom is -0.491 e. The first-order chi connectivity index (χ1) is 16.0. The maximum Gasteiger partial charge on any atom is 0.162 e. The van der Waals surface area contributed by atoms with E-state index in [2.05, 4.69) is 15.6 Å². The van der Waals surface area contributed by atoms with Gasteiger partial charge < -0.3 is 30.9 Å². The molecule has 0 bridgehead atoms. The molecule has 33 heavy (non-hydrogen) atoms. The number of anilines is 2. The number of aliphatic hydroxyl groups excluding tert-OH is 1. The molecule has 0 aliphatic carbocycles. The second-order valence-electron chi connectivity index (χ2n) is 8.06. The van der Waals surface area contributed by atoms with Crippen LogP contribution in [-0.2, 0) is 4.74 Å². The Bertz CT molecular complexity index is 1090. The van der Waals surface area contributed by atoms with Crippen LogP contribution in [0.1, 0.15) is 12.0 Å². The molecule has 2 atom stereocenters. The summed E-state index contributed by atoms with van der Waals surface area (Å²) in [7, 11) is 1.79. The highest BCUT2D eigenvalue weighted by Gasteiger charge is 2.21. The van der Waals surface area contributed by atoms with Gasteiger partial charge in [-0.05, 0) is 44.7 Å². The summed E-state index contributed by atoms with van der Waals surface area (Å²) >= 11 is 0. The van der Waals surface area contributed by atoms with Crippen molar-refractivity contribution in [2.75, 3.05) is 44.5 Å². The largest absolute Gasteiger partial charge is 0.491 e. The van der Waals surface area contributed by atoms with Crippen LogP contribution < -0.4 is 21.1 Å². The van der Waals surface area contributed by atoms with E-state index in [1.807, 2.05) is 43.3 Å². The highest BCUT2D eigenvalue weighted by molar-refractivity contribution is 5.78. The number of pyridine rings is 1. The number of benzene rings is 1. The van der Waals surface area contributed by atoms with Gasteiger partial charge in [0.1, 0.15) is 30.1 Å². The smallest absolute Gasteiger partial charge is 0.162 e. The van der Waals surface area contributed by atoms with Gasteiger partial charge in [-0.1, -0.05) is 12.1 Å². The van der Waals surface area contributed by atoms with E-state index in [-0.39, 0.29) is 12.6 Å². The van der Waals surface area contributed by atoms with E-state index >= 15 is 0 Å². The van der Waals surface area contributed by atoms with Crippen molar-refractivity contribution in [1.29, 1.82) is 0 Å². The van der Waals surface area contributed by atoms with Crippen LogP contribution >= 0.6 is 0 Å². The molecule has 1 aliphatic heterocycles. The maximum absolute atomic E-state index is 9.94. The van der Waals surface area contributed by atoms with Gasteiger partial charge in [0.15, 0.2) is 5.82 Å². The molecule has 9 nitrogen and oxygen atoms in total. The van der Waals surface area contributed by atoms with Crippen molar-refractivity contribution in [3.05, 3.63) is 48.2 Å². The second kappa shape index (κ2) is 10.6. The molecular formula is C24H30N6O3. The van der Waals surface area contributed by atoms with Crippen LogP contribution in [0.4, 0.5) is 11.6 Å². The first-order valence-corrected chi connectivity index (χ1v) is 11.0. The zero-order valence-corrected chi connectivity index (χ0v) is 18.9. The number of aromatic nitrogens is 3. The standard InChI is InChI=1S/C24H30N6O3/c1-15-21(20-7-4-9-27-22(20)25)29-24(30-23(15)28-17-8-10-32-13-17)16-5-3-6-19(11-16)33-14-18(31)12-26-2/h3-7,9,11,17-18,26,31H,8,10,12-14H2,1-2H3,(H2,25,27)(H,28,29,30)/t17-,18?/m1/s1. The minimum absolute atomic E-state index is 0.186. The number of nitrogens with zero attached hydrogens (tertiary/aromatic N) is 3. The van der Waals surface area contributed by atoms with E-state index in [0.29, 0.717) is 30.5 Å². The highest BCUT2D eigenvalue weighted by Crippen LogP contribution is 2.32. The molecule has 1 aliphatic rings. The molecule has 1 aromatic carbocycles. The van der Waals surface area contributed by atoms with Gasteiger partial charge in [-0.2, -0.15) is 0 Å². The van der Waals surface area contributed by atoms with Crippen molar-refractivity contribution in [3.8, 4) is 28.4 Å². The summed E-state index contributed by atoms with van der Waals surface area (Å²) in [4.78, 5) is 13.9. The molecule has 0 radical (unpaired) electrons. The highest BCUT2D eigenvalue weighted by atomic mass is 16.5.